The molecule has 0 radical (unpaired) electrons. The number of amides is 1. The summed E-state index contributed by atoms with van der Waals surface area (Å²) in [4.78, 5) is 16.6. The van der Waals surface area contributed by atoms with Crippen molar-refractivity contribution >= 4 is 17.4 Å². The molecule has 8 nitrogen and oxygen atoms in total. The molecular weight excluding hydrogens is 318 g/mol. The van der Waals surface area contributed by atoms with Gasteiger partial charge in [0.2, 0.25) is 5.91 Å². The van der Waals surface area contributed by atoms with Gasteiger partial charge in [0.1, 0.15) is 5.82 Å². The number of carbonyl (C=O) groups excluding carboxylic acids is 1. The normalized spacial score (nSPS) is 20.0. The van der Waals surface area contributed by atoms with Crippen molar-refractivity contribution in [2.75, 3.05) is 37.6 Å². The van der Waals surface area contributed by atoms with Crippen LogP contribution < -0.4 is 10.2 Å². The van der Waals surface area contributed by atoms with Crippen molar-refractivity contribution in [1.82, 2.24) is 30.0 Å². The van der Waals surface area contributed by atoms with Crippen LogP contribution >= 0.6 is 0 Å². The van der Waals surface area contributed by atoms with Gasteiger partial charge in [0.05, 0.1) is 6.54 Å². The van der Waals surface area contributed by atoms with Crippen molar-refractivity contribution in [2.45, 2.75) is 32.7 Å². The first-order valence-electron chi connectivity index (χ1n) is 9.06. The minimum Gasteiger partial charge on any atom is -0.353 e. The second kappa shape index (κ2) is 6.59. The maximum Gasteiger partial charge on any atom is 0.234 e. The van der Waals surface area contributed by atoms with E-state index in [9.17, 15) is 4.79 Å². The summed E-state index contributed by atoms with van der Waals surface area (Å²) in [7, 11) is 0. The van der Waals surface area contributed by atoms with E-state index < -0.39 is 0 Å². The smallest absolute Gasteiger partial charge is 0.234 e. The molecule has 1 saturated carbocycles. The van der Waals surface area contributed by atoms with Gasteiger partial charge in [0.15, 0.2) is 11.5 Å². The number of carbonyl (C=O) groups is 1. The molecular formula is C17H25N7O. The summed E-state index contributed by atoms with van der Waals surface area (Å²) in [5, 5.41) is 15.9. The van der Waals surface area contributed by atoms with Crippen molar-refractivity contribution in [3.63, 3.8) is 0 Å². The van der Waals surface area contributed by atoms with Crippen LogP contribution in [0.15, 0.2) is 12.1 Å². The van der Waals surface area contributed by atoms with Crippen LogP contribution in [0.1, 0.15) is 25.6 Å². The number of fused-ring (bicyclic) bond motifs is 1. The summed E-state index contributed by atoms with van der Waals surface area (Å²) >= 11 is 0. The lowest BCUT2D eigenvalue weighted by atomic mass is 10.2. The number of hydrogen-bond donors (Lipinski definition) is 1. The average molecular weight is 343 g/mol. The van der Waals surface area contributed by atoms with Gasteiger partial charge in [-0.2, -0.15) is 4.52 Å². The zero-order chi connectivity index (χ0) is 17.4. The standard InChI is InChI=1S/C17H25N7O/c1-12(14-3-4-14)18-17(25)11-22-7-9-23(10-8-22)16-6-5-15-20-19-13(2)24(15)21-16/h5-6,12,14H,3-4,7-11H2,1-2H3,(H,18,25). The van der Waals surface area contributed by atoms with E-state index in [0.29, 0.717) is 18.5 Å². The fraction of sp³-hybridized carbons (Fsp3) is 0.647. The van der Waals surface area contributed by atoms with Crippen molar-refractivity contribution in [1.29, 1.82) is 0 Å². The number of aryl methyl sites for hydroxylation is 1. The van der Waals surface area contributed by atoms with Gasteiger partial charge in [-0.25, -0.2) is 0 Å². The van der Waals surface area contributed by atoms with Crippen LogP contribution in [0.3, 0.4) is 0 Å². The summed E-state index contributed by atoms with van der Waals surface area (Å²) in [6.07, 6.45) is 2.51. The first kappa shape index (κ1) is 16.3. The van der Waals surface area contributed by atoms with Crippen LogP contribution in [-0.4, -0.2) is 69.4 Å². The Labute approximate surface area is 147 Å². The fourth-order valence-electron chi connectivity index (χ4n) is 3.41. The molecule has 1 aliphatic heterocycles. The Hall–Kier alpha value is -2.22. The monoisotopic (exact) mass is 343 g/mol. The predicted octanol–water partition coefficient (Wildman–Crippen LogP) is 0.469. The number of nitrogens with zero attached hydrogens (tertiary/aromatic N) is 6. The van der Waals surface area contributed by atoms with Crippen LogP contribution in [0.2, 0.25) is 0 Å². The highest BCUT2D eigenvalue weighted by atomic mass is 16.2. The van der Waals surface area contributed by atoms with Gasteiger partial charge in [0, 0.05) is 32.2 Å². The summed E-state index contributed by atoms with van der Waals surface area (Å²) in [6, 6.07) is 4.25. The minimum atomic E-state index is 0.146. The van der Waals surface area contributed by atoms with E-state index in [2.05, 4.69) is 37.3 Å². The van der Waals surface area contributed by atoms with Gasteiger partial charge in [-0.3, -0.25) is 9.69 Å². The first-order chi connectivity index (χ1) is 12.1. The summed E-state index contributed by atoms with van der Waals surface area (Å²) in [5.41, 5.74) is 0.765. The van der Waals surface area contributed by atoms with Gasteiger partial charge in [0.25, 0.3) is 0 Å². The lowest BCUT2D eigenvalue weighted by molar-refractivity contribution is -0.123. The zero-order valence-corrected chi connectivity index (χ0v) is 14.9. The Bertz CT molecular complexity index is 761. The molecule has 2 fully saturated rings. The molecule has 3 heterocycles. The van der Waals surface area contributed by atoms with E-state index in [1.54, 1.807) is 4.52 Å². The maximum atomic E-state index is 12.2. The third-order valence-corrected chi connectivity index (χ3v) is 5.19. The SMILES string of the molecule is Cc1nnc2ccc(N3CCN(CC(=O)NC(C)C4CC4)CC3)nn12. The quantitative estimate of drug-likeness (QED) is 0.850. The molecule has 1 N–H and O–H groups in total. The Morgan fingerprint density at radius 3 is 2.72 bits per heavy atom. The molecule has 2 aliphatic rings. The Morgan fingerprint density at radius 1 is 1.24 bits per heavy atom. The van der Waals surface area contributed by atoms with Crippen LogP contribution in [0, 0.1) is 12.8 Å². The lowest BCUT2D eigenvalue weighted by Crippen LogP contribution is -2.50. The van der Waals surface area contributed by atoms with Crippen LogP contribution in [-0.2, 0) is 4.79 Å². The zero-order valence-electron chi connectivity index (χ0n) is 14.9. The van der Waals surface area contributed by atoms with E-state index in [-0.39, 0.29) is 5.91 Å². The maximum absolute atomic E-state index is 12.2. The molecule has 2 aromatic heterocycles. The highest BCUT2D eigenvalue weighted by Crippen LogP contribution is 2.32. The second-order valence-corrected chi connectivity index (χ2v) is 7.17. The Balaban J connectivity index is 1.31. The summed E-state index contributed by atoms with van der Waals surface area (Å²) in [5.74, 6) is 2.56. The number of nitrogens with one attached hydrogen (secondary N) is 1. The number of aromatic nitrogens is 4. The van der Waals surface area contributed by atoms with E-state index in [1.807, 2.05) is 19.1 Å². The van der Waals surface area contributed by atoms with E-state index >= 15 is 0 Å². The Morgan fingerprint density at radius 2 is 2.00 bits per heavy atom. The number of anilines is 1. The molecule has 2 aromatic rings. The summed E-state index contributed by atoms with van der Waals surface area (Å²) < 4.78 is 1.77. The van der Waals surface area contributed by atoms with E-state index in [1.165, 1.54) is 12.8 Å². The van der Waals surface area contributed by atoms with Crippen molar-refractivity contribution in [2.24, 2.45) is 5.92 Å². The number of rotatable bonds is 5. The predicted molar refractivity (Wildman–Crippen MR) is 94.5 cm³/mol. The molecule has 1 atom stereocenters. The van der Waals surface area contributed by atoms with Gasteiger partial charge in [-0.05, 0) is 44.7 Å². The largest absolute Gasteiger partial charge is 0.353 e. The molecule has 1 unspecified atom stereocenters. The molecule has 0 spiro atoms. The lowest BCUT2D eigenvalue weighted by Gasteiger charge is -2.35. The molecule has 4 rings (SSSR count). The molecule has 0 bridgehead atoms. The topological polar surface area (TPSA) is 78.7 Å². The van der Waals surface area contributed by atoms with Crippen LogP contribution in [0.5, 0.6) is 0 Å². The fourth-order valence-corrected chi connectivity index (χ4v) is 3.41. The minimum absolute atomic E-state index is 0.146. The molecule has 1 saturated heterocycles. The second-order valence-electron chi connectivity index (χ2n) is 7.17. The first-order valence-corrected chi connectivity index (χ1v) is 9.06. The van der Waals surface area contributed by atoms with Crippen LogP contribution in [0.4, 0.5) is 5.82 Å². The van der Waals surface area contributed by atoms with E-state index in [4.69, 9.17) is 0 Å². The molecule has 1 amide bonds. The van der Waals surface area contributed by atoms with Gasteiger partial charge in [-0.15, -0.1) is 15.3 Å². The van der Waals surface area contributed by atoms with Gasteiger partial charge >= 0.3 is 0 Å². The van der Waals surface area contributed by atoms with E-state index in [0.717, 1.165) is 43.5 Å². The van der Waals surface area contributed by atoms with Crippen molar-refractivity contribution in [3.05, 3.63) is 18.0 Å². The third kappa shape index (κ3) is 3.58. The van der Waals surface area contributed by atoms with Crippen molar-refractivity contribution in [3.8, 4) is 0 Å². The molecule has 25 heavy (non-hydrogen) atoms. The average Bonchev–Trinajstić information content (AvgIpc) is 3.40. The molecule has 8 heteroatoms. The molecule has 1 aliphatic carbocycles. The Kier molecular flexibility index (Phi) is 4.29. The highest BCUT2D eigenvalue weighted by molar-refractivity contribution is 5.78. The highest BCUT2D eigenvalue weighted by Gasteiger charge is 2.29. The summed E-state index contributed by atoms with van der Waals surface area (Å²) in [6.45, 7) is 7.97. The van der Waals surface area contributed by atoms with Crippen LogP contribution in [0.25, 0.3) is 5.65 Å². The number of hydrogen-bond acceptors (Lipinski definition) is 6. The number of piperazine rings is 1. The van der Waals surface area contributed by atoms with Crippen molar-refractivity contribution < 1.29 is 4.79 Å². The molecule has 0 aromatic carbocycles. The molecule has 134 valence electrons. The third-order valence-electron chi connectivity index (χ3n) is 5.19. The van der Waals surface area contributed by atoms with Gasteiger partial charge < -0.3 is 10.2 Å². The van der Waals surface area contributed by atoms with Gasteiger partial charge in [-0.1, -0.05) is 0 Å².